The van der Waals surface area contributed by atoms with Crippen molar-refractivity contribution in [2.75, 3.05) is 12.3 Å². The smallest absolute Gasteiger partial charge is 0.312 e. The third-order valence-electron chi connectivity index (χ3n) is 3.57. The average Bonchev–Trinajstić information content (AvgIpc) is 2.91. The Morgan fingerprint density at radius 2 is 2.24 bits per heavy atom. The number of hydrogen-bond acceptors (Lipinski definition) is 7. The molecule has 2 aromatic heterocycles. The molecule has 0 saturated carbocycles. The Morgan fingerprint density at radius 1 is 1.52 bits per heavy atom. The summed E-state index contributed by atoms with van der Waals surface area (Å²) in [5.41, 5.74) is 3.34. The summed E-state index contributed by atoms with van der Waals surface area (Å²) in [5, 5.41) is 18.9. The molecule has 0 radical (unpaired) electrons. The minimum Gasteiger partial charge on any atom is -0.394 e. The van der Waals surface area contributed by atoms with Crippen molar-refractivity contribution in [2.45, 2.75) is 31.0 Å². The van der Waals surface area contributed by atoms with Gasteiger partial charge in [0.2, 0.25) is 0 Å². The highest BCUT2D eigenvalue weighted by Crippen LogP contribution is 2.42. The van der Waals surface area contributed by atoms with Gasteiger partial charge < -0.3 is 20.7 Å². The molecule has 0 aliphatic carbocycles. The van der Waals surface area contributed by atoms with E-state index in [4.69, 9.17) is 15.6 Å². The fourth-order valence-corrected chi connectivity index (χ4v) is 2.45. The molecule has 0 aromatic carbocycles. The fourth-order valence-electron chi connectivity index (χ4n) is 2.45. The summed E-state index contributed by atoms with van der Waals surface area (Å²) < 4.78 is 34.4. The van der Waals surface area contributed by atoms with Crippen molar-refractivity contribution in [1.29, 1.82) is 0 Å². The molecule has 0 amide bonds. The number of rotatable bonds is 2. The van der Waals surface area contributed by atoms with Crippen LogP contribution in [0.5, 0.6) is 0 Å². The highest BCUT2D eigenvalue weighted by molar-refractivity contribution is 5.81. The number of aromatic nitrogens is 4. The Labute approximate surface area is 117 Å². The lowest BCUT2D eigenvalue weighted by atomic mass is 9.98. The predicted molar refractivity (Wildman–Crippen MR) is 66.2 cm³/mol. The number of hydrogen-bond donors (Lipinski definition) is 3. The van der Waals surface area contributed by atoms with Crippen LogP contribution < -0.4 is 5.73 Å². The van der Waals surface area contributed by atoms with Crippen LogP contribution in [0.3, 0.4) is 0 Å². The van der Waals surface area contributed by atoms with Gasteiger partial charge in [-0.2, -0.15) is 14.4 Å². The molecule has 2 aromatic rings. The lowest BCUT2D eigenvalue weighted by Gasteiger charge is -2.24. The molecule has 10 heteroatoms. The van der Waals surface area contributed by atoms with Crippen LogP contribution >= 0.6 is 0 Å². The number of fused-ring (bicyclic) bond motifs is 1. The Hall–Kier alpha value is -1.91. The van der Waals surface area contributed by atoms with Gasteiger partial charge in [0.1, 0.15) is 12.2 Å². The lowest BCUT2D eigenvalue weighted by Crippen LogP contribution is -2.40. The Morgan fingerprint density at radius 3 is 2.86 bits per heavy atom. The predicted octanol–water partition coefficient (Wildman–Crippen LogP) is -0.474. The van der Waals surface area contributed by atoms with Crippen molar-refractivity contribution >= 4 is 17.0 Å². The van der Waals surface area contributed by atoms with Gasteiger partial charge in [0.25, 0.3) is 0 Å². The number of ether oxygens (including phenoxy) is 1. The first-order chi connectivity index (χ1) is 9.86. The number of imidazole rings is 1. The van der Waals surface area contributed by atoms with E-state index in [-0.39, 0.29) is 17.0 Å². The molecule has 0 unspecified atom stereocenters. The summed E-state index contributed by atoms with van der Waals surface area (Å²) in [5.74, 6) is -0.186. The van der Waals surface area contributed by atoms with Crippen molar-refractivity contribution in [3.05, 3.63) is 12.4 Å². The maximum absolute atomic E-state index is 14.7. The Bertz CT molecular complexity index is 692. The van der Waals surface area contributed by atoms with Crippen molar-refractivity contribution in [2.24, 2.45) is 0 Å². The second-order valence-electron chi connectivity index (χ2n) is 5.01. The molecule has 21 heavy (non-hydrogen) atoms. The van der Waals surface area contributed by atoms with Crippen molar-refractivity contribution in [3.63, 3.8) is 0 Å². The summed E-state index contributed by atoms with van der Waals surface area (Å²) in [4.78, 5) is 10.8. The van der Waals surface area contributed by atoms with E-state index in [1.807, 2.05) is 0 Å². The van der Waals surface area contributed by atoms with Gasteiger partial charge in [-0.3, -0.25) is 4.57 Å². The van der Waals surface area contributed by atoms with Gasteiger partial charge in [0.15, 0.2) is 28.9 Å². The van der Waals surface area contributed by atoms with Gasteiger partial charge in [-0.15, -0.1) is 0 Å². The van der Waals surface area contributed by atoms with Crippen molar-refractivity contribution in [1.82, 2.24) is 19.5 Å². The summed E-state index contributed by atoms with van der Waals surface area (Å²) in [7, 11) is 0. The van der Waals surface area contributed by atoms with Crippen LogP contribution in [0.1, 0.15) is 13.2 Å². The lowest BCUT2D eigenvalue weighted by molar-refractivity contribution is -0.0567. The number of alkyl halides is 1. The van der Waals surface area contributed by atoms with Crippen LogP contribution in [-0.2, 0) is 4.74 Å². The SMILES string of the molecule is C[C@@]1(F)[C@H](O)[C@@H](CO)O[C@H]1n1cnc2c(N)nc(F)nc21. The first-order valence-corrected chi connectivity index (χ1v) is 6.15. The van der Waals surface area contributed by atoms with Crippen LogP contribution in [0.25, 0.3) is 11.2 Å². The molecule has 1 aliphatic rings. The molecule has 4 N–H and O–H groups in total. The zero-order valence-electron chi connectivity index (χ0n) is 10.9. The number of nitrogen functional groups attached to an aromatic ring is 1. The second kappa shape index (κ2) is 4.55. The largest absolute Gasteiger partial charge is 0.394 e. The molecule has 1 saturated heterocycles. The number of aliphatic hydroxyl groups is 2. The van der Waals surface area contributed by atoms with Gasteiger partial charge in [-0.1, -0.05) is 0 Å². The van der Waals surface area contributed by atoms with E-state index in [1.54, 1.807) is 0 Å². The average molecular weight is 301 g/mol. The quantitative estimate of drug-likeness (QED) is 0.641. The molecule has 0 bridgehead atoms. The molecule has 1 aliphatic heterocycles. The molecule has 114 valence electrons. The standard InChI is InChI=1S/C11H13F2N5O3/c1-11(13)6(20)4(2-19)21-9(11)18-3-15-5-7(14)16-10(12)17-8(5)18/h3-4,6,9,19-20H,2H2,1H3,(H2,14,16,17)/t4-,6-,9-,11-/m1/s1. The molecule has 3 rings (SSSR count). The van der Waals surface area contributed by atoms with E-state index in [2.05, 4.69) is 15.0 Å². The maximum atomic E-state index is 14.7. The first kappa shape index (κ1) is 14.0. The fraction of sp³-hybridized carbons (Fsp3) is 0.545. The first-order valence-electron chi connectivity index (χ1n) is 6.15. The normalized spacial score (nSPS) is 32.9. The third kappa shape index (κ3) is 1.94. The number of nitrogens with two attached hydrogens (primary N) is 1. The van der Waals surface area contributed by atoms with Gasteiger partial charge in [-0.05, 0) is 6.92 Å². The molecule has 0 spiro atoms. The zero-order chi connectivity index (χ0) is 15.4. The highest BCUT2D eigenvalue weighted by Gasteiger charge is 2.55. The number of anilines is 1. The van der Waals surface area contributed by atoms with Gasteiger partial charge in [0.05, 0.1) is 12.9 Å². The number of halogens is 2. The zero-order valence-corrected chi connectivity index (χ0v) is 10.9. The Balaban J connectivity index is 2.13. The van der Waals surface area contributed by atoms with Crippen LogP contribution in [0.2, 0.25) is 0 Å². The van der Waals surface area contributed by atoms with Crippen LogP contribution in [0.4, 0.5) is 14.6 Å². The number of aliphatic hydroxyl groups excluding tert-OH is 2. The Kier molecular flexibility index (Phi) is 3.04. The van der Waals surface area contributed by atoms with E-state index >= 15 is 0 Å². The molecule has 3 heterocycles. The minimum absolute atomic E-state index is 0.0559. The number of nitrogens with zero attached hydrogens (tertiary/aromatic N) is 4. The summed E-state index contributed by atoms with van der Waals surface area (Å²) in [6.07, 6.45) is -3.90. The molecular weight excluding hydrogens is 288 g/mol. The van der Waals surface area contributed by atoms with E-state index in [1.165, 1.54) is 6.33 Å². The van der Waals surface area contributed by atoms with E-state index in [9.17, 15) is 13.9 Å². The van der Waals surface area contributed by atoms with Crippen LogP contribution in [-0.4, -0.2) is 54.2 Å². The summed E-state index contributed by atoms with van der Waals surface area (Å²) in [6.45, 7) is 0.556. The summed E-state index contributed by atoms with van der Waals surface area (Å²) in [6, 6.07) is 0. The topological polar surface area (TPSA) is 119 Å². The molecule has 4 atom stereocenters. The molecule has 1 fully saturated rings. The minimum atomic E-state index is -2.22. The van der Waals surface area contributed by atoms with E-state index < -0.39 is 36.8 Å². The highest BCUT2D eigenvalue weighted by atomic mass is 19.1. The second-order valence-corrected chi connectivity index (χ2v) is 5.01. The molecule has 8 nitrogen and oxygen atoms in total. The third-order valence-corrected chi connectivity index (χ3v) is 3.57. The van der Waals surface area contributed by atoms with E-state index in [0.717, 1.165) is 11.5 Å². The monoisotopic (exact) mass is 301 g/mol. The maximum Gasteiger partial charge on any atom is 0.312 e. The van der Waals surface area contributed by atoms with Crippen molar-refractivity contribution in [3.8, 4) is 0 Å². The van der Waals surface area contributed by atoms with Gasteiger partial charge in [0, 0.05) is 0 Å². The van der Waals surface area contributed by atoms with E-state index in [0.29, 0.717) is 0 Å². The van der Waals surface area contributed by atoms with Crippen LogP contribution in [0, 0.1) is 6.08 Å². The van der Waals surface area contributed by atoms with Gasteiger partial charge in [-0.25, -0.2) is 9.37 Å². The van der Waals surface area contributed by atoms with Crippen LogP contribution in [0.15, 0.2) is 6.33 Å². The van der Waals surface area contributed by atoms with Crippen molar-refractivity contribution < 1.29 is 23.7 Å². The molecular formula is C11H13F2N5O3. The summed E-state index contributed by atoms with van der Waals surface area (Å²) >= 11 is 0. The van der Waals surface area contributed by atoms with Gasteiger partial charge >= 0.3 is 6.08 Å².